The van der Waals surface area contributed by atoms with Crippen molar-refractivity contribution in [2.45, 2.75) is 57.7 Å². The zero-order valence-corrected chi connectivity index (χ0v) is 22.5. The van der Waals surface area contributed by atoms with Gasteiger partial charge in [0.2, 0.25) is 4.77 Å². The van der Waals surface area contributed by atoms with Gasteiger partial charge < -0.3 is 24.8 Å². The molecule has 0 aliphatic carbocycles. The van der Waals surface area contributed by atoms with E-state index in [-0.39, 0.29) is 16.3 Å². The van der Waals surface area contributed by atoms with Crippen molar-refractivity contribution >= 4 is 31.6 Å². The molecule has 1 fully saturated rings. The number of ether oxygens (including phenoxy) is 2. The van der Waals surface area contributed by atoms with E-state index in [1.165, 1.54) is 31.3 Å². The van der Waals surface area contributed by atoms with Gasteiger partial charge in [-0.05, 0) is 51.2 Å². The zero-order chi connectivity index (χ0) is 27.6. The molecule has 1 aromatic heterocycles. The van der Waals surface area contributed by atoms with Gasteiger partial charge in [0.1, 0.15) is 18.2 Å². The molecular weight excluding hydrogens is 531 g/mol. The van der Waals surface area contributed by atoms with Crippen molar-refractivity contribution in [3.8, 4) is 5.75 Å². The number of hydrogen-bond acceptors (Lipinski definition) is 10. The molecule has 0 amide bonds. The van der Waals surface area contributed by atoms with E-state index in [9.17, 15) is 14.5 Å². The first kappa shape index (κ1) is 29.1. The molecule has 1 saturated heterocycles. The Kier molecular flexibility index (Phi) is 8.75. The topological polar surface area (TPSA) is 135 Å². The number of nitrogens with zero attached hydrogens (tertiary/aromatic N) is 2. The van der Waals surface area contributed by atoms with Gasteiger partial charge >= 0.3 is 13.6 Å². The molecule has 2 aromatic rings. The van der Waals surface area contributed by atoms with Crippen LogP contribution in [0.4, 0.5) is 14.6 Å². The number of carbonyl (C=O) groups is 1. The summed E-state index contributed by atoms with van der Waals surface area (Å²) < 4.78 is 67.3. The summed E-state index contributed by atoms with van der Waals surface area (Å²) in [5.41, 5.74) is 2.87. The lowest BCUT2D eigenvalue weighted by Gasteiger charge is -2.28. The smallest absolute Gasteiger partial charge is 0.380 e. The van der Waals surface area contributed by atoms with Gasteiger partial charge in [0.15, 0.2) is 18.0 Å². The Balaban J connectivity index is 1.85. The molecule has 0 saturated carbocycles. The first-order valence-electron chi connectivity index (χ1n) is 11.4. The number of rotatable bonds is 10. The number of carbonyl (C=O) groups excluding carboxylic acids is 1. The molecule has 0 radical (unpaired) electrons. The third kappa shape index (κ3) is 6.71. The molecule has 2 heterocycles. The number of anilines is 1. The van der Waals surface area contributed by atoms with Gasteiger partial charge in [-0.1, -0.05) is 25.1 Å². The van der Waals surface area contributed by atoms with Crippen LogP contribution in [0.25, 0.3) is 0 Å². The van der Waals surface area contributed by atoms with Crippen LogP contribution in [0.5, 0.6) is 5.75 Å². The molecule has 2 unspecified atom stereocenters. The van der Waals surface area contributed by atoms with Gasteiger partial charge in [-0.25, -0.2) is 18.3 Å². The summed E-state index contributed by atoms with van der Waals surface area (Å²) in [4.78, 5) is 16.2. The molecule has 204 valence electrons. The molecule has 3 rings (SSSR count). The number of aliphatic hydroxyl groups excluding tert-OH is 1. The van der Waals surface area contributed by atoms with Gasteiger partial charge in [-0.2, -0.15) is 0 Å². The highest BCUT2D eigenvalue weighted by Gasteiger charge is 2.65. The van der Waals surface area contributed by atoms with Crippen LogP contribution >= 0.6 is 19.8 Å². The maximum atomic E-state index is 15.9. The van der Waals surface area contributed by atoms with E-state index in [2.05, 4.69) is 4.98 Å². The Morgan fingerprint density at radius 3 is 2.54 bits per heavy atom. The van der Waals surface area contributed by atoms with E-state index in [1.54, 1.807) is 32.0 Å². The Morgan fingerprint density at radius 2 is 1.95 bits per heavy atom. The van der Waals surface area contributed by atoms with E-state index in [4.69, 9.17) is 36.5 Å². The molecule has 3 N–H and O–H groups in total. The predicted octanol–water partition coefficient (Wildman–Crippen LogP) is 4.35. The summed E-state index contributed by atoms with van der Waals surface area (Å²) in [6.45, 7) is 4.49. The Labute approximate surface area is 218 Å². The molecule has 0 spiro atoms. The number of nitrogen functional groups attached to an aromatic ring is 1. The number of benzene rings is 1. The number of para-hydroxylation sites is 1. The number of hydrogen-bond donors (Lipinski definition) is 2. The SMILES string of the molecule is CC(C)OC(=O)[C@H](C)CP(=O)(OC[C@@]1(F)O[C@@H](n2ccc(N)nc2=S)C(C)(F)[C@H]1O)Oc1ccccc1. The number of aromatic nitrogens is 2. The van der Waals surface area contributed by atoms with Crippen LogP contribution in [-0.2, 0) is 23.4 Å². The quantitative estimate of drug-likeness (QED) is 0.245. The second-order valence-corrected chi connectivity index (χ2v) is 11.6. The van der Waals surface area contributed by atoms with Crippen molar-refractivity contribution in [3.63, 3.8) is 0 Å². The van der Waals surface area contributed by atoms with Crippen LogP contribution in [0.1, 0.15) is 33.9 Å². The fourth-order valence-electron chi connectivity index (χ4n) is 3.67. The van der Waals surface area contributed by atoms with Crippen molar-refractivity contribution < 1.29 is 41.8 Å². The first-order valence-corrected chi connectivity index (χ1v) is 13.6. The Bertz CT molecular complexity index is 1220. The van der Waals surface area contributed by atoms with Gasteiger partial charge in [0.25, 0.3) is 5.85 Å². The molecule has 1 aromatic carbocycles. The Morgan fingerprint density at radius 1 is 1.30 bits per heavy atom. The van der Waals surface area contributed by atoms with Crippen LogP contribution < -0.4 is 10.3 Å². The predicted molar refractivity (Wildman–Crippen MR) is 133 cm³/mol. The second-order valence-electron chi connectivity index (χ2n) is 9.21. The minimum Gasteiger partial charge on any atom is -0.463 e. The summed E-state index contributed by atoms with van der Waals surface area (Å²) in [6, 6.07) is 9.20. The highest BCUT2D eigenvalue weighted by molar-refractivity contribution is 7.71. The largest absolute Gasteiger partial charge is 0.463 e. The number of nitrogens with two attached hydrogens (primary N) is 1. The molecular formula is C23H30F2N3O7PS. The second kappa shape index (κ2) is 11.1. The summed E-state index contributed by atoms with van der Waals surface area (Å²) in [5.74, 6) is -4.60. The number of aliphatic hydroxyl groups is 1. The monoisotopic (exact) mass is 561 g/mol. The molecule has 37 heavy (non-hydrogen) atoms. The average Bonchev–Trinajstić information content (AvgIpc) is 2.98. The maximum Gasteiger partial charge on any atom is 0.380 e. The summed E-state index contributed by atoms with van der Waals surface area (Å²) in [5, 5.41) is 10.6. The normalized spacial score (nSPS) is 28.0. The zero-order valence-electron chi connectivity index (χ0n) is 20.7. The van der Waals surface area contributed by atoms with Crippen molar-refractivity contribution in [1.29, 1.82) is 0 Å². The number of alkyl halides is 2. The number of esters is 1. The molecule has 0 bridgehead atoms. The fourth-order valence-corrected chi connectivity index (χ4v) is 5.80. The molecule has 6 atom stereocenters. The standard InChI is InChI=1S/C23H30F2N3O7PS/c1-14(2)33-18(29)15(3)12-36(31,35-16-8-6-5-7-9-16)32-13-23(25)19(30)22(4,24)20(34-23)28-11-10-17(26)27-21(28)37/h5-11,14-15,19-20,30H,12-13H2,1-4H3,(H2,26,27,37)/t15-,19-,20-,22?,23-,36?/m1/s1. The van der Waals surface area contributed by atoms with Crippen LogP contribution in [0.15, 0.2) is 42.6 Å². The highest BCUT2D eigenvalue weighted by atomic mass is 32.1. The molecule has 10 nitrogen and oxygen atoms in total. The van der Waals surface area contributed by atoms with Gasteiger partial charge in [-0.3, -0.25) is 13.9 Å². The van der Waals surface area contributed by atoms with Crippen molar-refractivity contribution in [2.24, 2.45) is 5.92 Å². The molecule has 1 aliphatic heterocycles. The average molecular weight is 562 g/mol. The Hall–Kier alpha value is -2.44. The van der Waals surface area contributed by atoms with Gasteiger partial charge in [0, 0.05) is 6.20 Å². The van der Waals surface area contributed by atoms with Crippen molar-refractivity contribution in [3.05, 3.63) is 47.4 Å². The number of halogens is 2. The summed E-state index contributed by atoms with van der Waals surface area (Å²) in [6.07, 6.45) is -3.78. The van der Waals surface area contributed by atoms with Crippen LogP contribution in [0, 0.1) is 10.7 Å². The summed E-state index contributed by atoms with van der Waals surface area (Å²) in [7, 11) is -4.28. The van der Waals surface area contributed by atoms with E-state index >= 15 is 8.78 Å². The fraction of sp³-hybridized carbons (Fsp3) is 0.522. The van der Waals surface area contributed by atoms with E-state index in [0.717, 1.165) is 11.5 Å². The van der Waals surface area contributed by atoms with Crippen LogP contribution in [0.3, 0.4) is 0 Å². The van der Waals surface area contributed by atoms with E-state index < -0.39 is 62.2 Å². The van der Waals surface area contributed by atoms with Gasteiger partial charge in [0.05, 0.1) is 18.2 Å². The first-order chi connectivity index (χ1) is 17.2. The minimum atomic E-state index is -4.28. The molecule has 1 aliphatic rings. The maximum absolute atomic E-state index is 15.9. The minimum absolute atomic E-state index is 0.0549. The van der Waals surface area contributed by atoms with Crippen molar-refractivity contribution in [2.75, 3.05) is 18.5 Å². The lowest BCUT2D eigenvalue weighted by molar-refractivity contribution is -0.203. The third-order valence-electron chi connectivity index (χ3n) is 5.54. The summed E-state index contributed by atoms with van der Waals surface area (Å²) >= 11 is 5.07. The lowest BCUT2D eigenvalue weighted by Crippen LogP contribution is -2.46. The lowest BCUT2D eigenvalue weighted by atomic mass is 9.97. The van der Waals surface area contributed by atoms with Crippen LogP contribution in [0.2, 0.25) is 0 Å². The molecule has 14 heteroatoms. The van der Waals surface area contributed by atoms with Crippen molar-refractivity contribution in [1.82, 2.24) is 9.55 Å². The van der Waals surface area contributed by atoms with E-state index in [0.29, 0.717) is 0 Å². The van der Waals surface area contributed by atoms with E-state index in [1.807, 2.05) is 0 Å². The highest BCUT2D eigenvalue weighted by Crippen LogP contribution is 2.54. The third-order valence-corrected chi connectivity index (χ3v) is 7.84. The van der Waals surface area contributed by atoms with Crippen LogP contribution in [-0.4, -0.2) is 57.1 Å². The van der Waals surface area contributed by atoms with Gasteiger partial charge in [-0.15, -0.1) is 0 Å².